The number of benzene rings is 1. The average Bonchev–Trinajstić information content (AvgIpc) is 2.75. The maximum absolute atomic E-state index is 4.07. The van der Waals surface area contributed by atoms with E-state index in [4.69, 9.17) is 0 Å². The van der Waals surface area contributed by atoms with Gasteiger partial charge in [0.05, 0.1) is 0 Å². The zero-order chi connectivity index (χ0) is 11.2. The van der Waals surface area contributed by atoms with E-state index in [0.29, 0.717) is 0 Å². The highest BCUT2D eigenvalue weighted by Gasteiger charge is 2.03. The maximum Gasteiger partial charge on any atom is 0.210 e. The monoisotopic (exact) mass is 249 g/mol. The lowest BCUT2D eigenvalue weighted by Crippen LogP contribution is -1.87. The first-order valence-electron chi connectivity index (χ1n) is 4.78. The number of thioether (sulfide) groups is 1. The van der Waals surface area contributed by atoms with Crippen molar-refractivity contribution in [1.82, 2.24) is 10.2 Å². The molecule has 0 saturated heterocycles. The number of rotatable bonds is 5. The van der Waals surface area contributed by atoms with Crippen LogP contribution in [0.25, 0.3) is 0 Å². The molecular weight excluding hydrogens is 238 g/mol. The molecule has 0 unspecified atom stereocenters. The van der Waals surface area contributed by atoms with Crippen molar-refractivity contribution in [1.29, 1.82) is 0 Å². The highest BCUT2D eigenvalue weighted by atomic mass is 32.2. The second kappa shape index (κ2) is 5.67. The predicted molar refractivity (Wildman–Crippen MR) is 70.6 cm³/mol. The first-order chi connectivity index (χ1) is 7.88. The molecule has 16 heavy (non-hydrogen) atoms. The maximum atomic E-state index is 4.07. The van der Waals surface area contributed by atoms with Crippen molar-refractivity contribution in [2.24, 2.45) is 0 Å². The fourth-order valence-corrected chi connectivity index (χ4v) is 2.63. The molecule has 1 aromatic heterocycles. The molecule has 0 aliphatic carbocycles. The molecule has 0 amide bonds. The van der Waals surface area contributed by atoms with Crippen LogP contribution in [-0.2, 0) is 0 Å². The summed E-state index contributed by atoms with van der Waals surface area (Å²) in [6.07, 6.45) is 1.86. The zero-order valence-corrected chi connectivity index (χ0v) is 10.2. The summed E-state index contributed by atoms with van der Waals surface area (Å²) in [4.78, 5) is 0. The van der Waals surface area contributed by atoms with Gasteiger partial charge in [0.15, 0.2) is 4.34 Å². The van der Waals surface area contributed by atoms with Gasteiger partial charge in [-0.1, -0.05) is 47.4 Å². The Labute approximate surface area is 103 Å². The first-order valence-corrected chi connectivity index (χ1v) is 6.58. The van der Waals surface area contributed by atoms with Gasteiger partial charge in [0.1, 0.15) is 0 Å². The van der Waals surface area contributed by atoms with Crippen LogP contribution in [0, 0.1) is 0 Å². The molecule has 0 spiro atoms. The van der Waals surface area contributed by atoms with Gasteiger partial charge in [-0.25, -0.2) is 0 Å². The normalized spacial score (nSPS) is 10.0. The molecule has 1 N–H and O–H groups in total. The van der Waals surface area contributed by atoms with Crippen molar-refractivity contribution >= 4 is 33.9 Å². The fourth-order valence-electron chi connectivity index (χ4n) is 1.09. The van der Waals surface area contributed by atoms with E-state index in [9.17, 15) is 0 Å². The minimum atomic E-state index is 0.817. The summed E-state index contributed by atoms with van der Waals surface area (Å²) in [5.74, 6) is 0.861. The molecule has 0 aliphatic heterocycles. The van der Waals surface area contributed by atoms with Gasteiger partial charge in [-0.05, 0) is 12.1 Å². The summed E-state index contributed by atoms with van der Waals surface area (Å²) in [6.45, 7) is 3.67. The topological polar surface area (TPSA) is 37.8 Å². The van der Waals surface area contributed by atoms with Gasteiger partial charge >= 0.3 is 0 Å². The molecule has 0 aliphatic rings. The zero-order valence-electron chi connectivity index (χ0n) is 8.59. The molecule has 3 nitrogen and oxygen atoms in total. The summed E-state index contributed by atoms with van der Waals surface area (Å²) in [6, 6.07) is 9.94. The van der Waals surface area contributed by atoms with Crippen molar-refractivity contribution in [3.05, 3.63) is 43.0 Å². The predicted octanol–water partition coefficient (Wildman–Crippen LogP) is 3.56. The summed E-state index contributed by atoms with van der Waals surface area (Å²) in [5.41, 5.74) is 1.03. The van der Waals surface area contributed by atoms with Crippen molar-refractivity contribution in [3.8, 4) is 0 Å². The SMILES string of the molecule is C=CCSc1nnc(Nc2ccccc2)s1. The quantitative estimate of drug-likeness (QED) is 0.649. The van der Waals surface area contributed by atoms with Crippen LogP contribution in [-0.4, -0.2) is 16.0 Å². The third-order valence-electron chi connectivity index (χ3n) is 1.76. The molecule has 2 rings (SSSR count). The van der Waals surface area contributed by atoms with Gasteiger partial charge in [-0.3, -0.25) is 0 Å². The molecule has 82 valence electrons. The lowest BCUT2D eigenvalue weighted by molar-refractivity contribution is 1.01. The van der Waals surface area contributed by atoms with Crippen molar-refractivity contribution in [2.45, 2.75) is 4.34 Å². The largest absolute Gasteiger partial charge is 0.330 e. The van der Waals surface area contributed by atoms with Crippen LogP contribution < -0.4 is 5.32 Å². The summed E-state index contributed by atoms with van der Waals surface area (Å²) in [5, 5.41) is 12.2. The van der Waals surface area contributed by atoms with E-state index in [0.717, 1.165) is 20.9 Å². The summed E-state index contributed by atoms with van der Waals surface area (Å²) >= 11 is 3.19. The van der Waals surface area contributed by atoms with Crippen LogP contribution in [0.5, 0.6) is 0 Å². The second-order valence-corrected chi connectivity index (χ2v) is 5.21. The van der Waals surface area contributed by atoms with Gasteiger partial charge in [0, 0.05) is 11.4 Å². The smallest absolute Gasteiger partial charge is 0.210 e. The average molecular weight is 249 g/mol. The number of aromatic nitrogens is 2. The summed E-state index contributed by atoms with van der Waals surface area (Å²) < 4.78 is 0.957. The Hall–Kier alpha value is -1.33. The minimum absolute atomic E-state index is 0.817. The van der Waals surface area contributed by atoms with Gasteiger partial charge in [0.25, 0.3) is 0 Å². The molecule has 0 bridgehead atoms. The molecule has 5 heteroatoms. The molecule has 2 aromatic rings. The molecule has 1 heterocycles. The highest BCUT2D eigenvalue weighted by Crippen LogP contribution is 2.27. The third-order valence-corrected chi connectivity index (χ3v) is 3.72. The van der Waals surface area contributed by atoms with Crippen LogP contribution in [0.1, 0.15) is 0 Å². The van der Waals surface area contributed by atoms with Gasteiger partial charge in [-0.15, -0.1) is 16.8 Å². The Kier molecular flexibility index (Phi) is 3.96. The fraction of sp³-hybridized carbons (Fsp3) is 0.0909. The van der Waals surface area contributed by atoms with E-state index in [2.05, 4.69) is 22.1 Å². The van der Waals surface area contributed by atoms with Crippen molar-refractivity contribution < 1.29 is 0 Å². The van der Waals surface area contributed by atoms with E-state index < -0.39 is 0 Å². The Morgan fingerprint density at radius 1 is 1.31 bits per heavy atom. The van der Waals surface area contributed by atoms with E-state index in [1.165, 1.54) is 0 Å². The Morgan fingerprint density at radius 2 is 2.12 bits per heavy atom. The van der Waals surface area contributed by atoms with Crippen LogP contribution in [0.3, 0.4) is 0 Å². The molecule has 1 aromatic carbocycles. The Bertz CT molecular complexity index is 453. The highest BCUT2D eigenvalue weighted by molar-refractivity contribution is 8.01. The van der Waals surface area contributed by atoms with Crippen LogP contribution in [0.2, 0.25) is 0 Å². The summed E-state index contributed by atoms with van der Waals surface area (Å²) in [7, 11) is 0. The number of anilines is 2. The lowest BCUT2D eigenvalue weighted by Gasteiger charge is -1.99. The van der Waals surface area contributed by atoms with Crippen LogP contribution in [0.15, 0.2) is 47.3 Å². The molecule has 0 fully saturated rings. The minimum Gasteiger partial charge on any atom is -0.330 e. The van der Waals surface area contributed by atoms with Crippen molar-refractivity contribution in [3.63, 3.8) is 0 Å². The van der Waals surface area contributed by atoms with E-state index in [1.807, 2.05) is 36.4 Å². The molecule has 0 radical (unpaired) electrons. The molecule has 0 atom stereocenters. The Balaban J connectivity index is 2.00. The van der Waals surface area contributed by atoms with Crippen LogP contribution >= 0.6 is 23.1 Å². The number of hydrogen-bond donors (Lipinski definition) is 1. The van der Waals surface area contributed by atoms with Gasteiger partial charge in [-0.2, -0.15) is 0 Å². The van der Waals surface area contributed by atoms with E-state index in [-0.39, 0.29) is 0 Å². The van der Waals surface area contributed by atoms with Crippen molar-refractivity contribution in [2.75, 3.05) is 11.1 Å². The Morgan fingerprint density at radius 3 is 2.88 bits per heavy atom. The third kappa shape index (κ3) is 3.08. The number of nitrogens with one attached hydrogen (secondary N) is 1. The second-order valence-electron chi connectivity index (χ2n) is 2.96. The van der Waals surface area contributed by atoms with Gasteiger partial charge in [0.2, 0.25) is 5.13 Å². The number of nitrogens with zero attached hydrogens (tertiary/aromatic N) is 2. The van der Waals surface area contributed by atoms with Crippen LogP contribution in [0.4, 0.5) is 10.8 Å². The van der Waals surface area contributed by atoms with E-state index >= 15 is 0 Å². The first kappa shape index (κ1) is 11.2. The van der Waals surface area contributed by atoms with E-state index in [1.54, 1.807) is 23.1 Å². The molecular formula is C11H11N3S2. The number of hydrogen-bond acceptors (Lipinski definition) is 5. The number of para-hydroxylation sites is 1. The lowest BCUT2D eigenvalue weighted by atomic mass is 10.3. The molecule has 0 saturated carbocycles. The van der Waals surface area contributed by atoms with Gasteiger partial charge < -0.3 is 5.32 Å². The standard InChI is InChI=1S/C11H11N3S2/c1-2-8-15-11-14-13-10(16-11)12-9-6-4-3-5-7-9/h2-7H,1,8H2,(H,12,13).